The third kappa shape index (κ3) is 9.60. The van der Waals surface area contributed by atoms with Crippen molar-refractivity contribution in [2.24, 2.45) is 5.41 Å². The van der Waals surface area contributed by atoms with Crippen molar-refractivity contribution in [3.8, 4) is 11.8 Å². The average Bonchev–Trinajstić information content (AvgIpc) is 2.69. The van der Waals surface area contributed by atoms with Crippen LogP contribution in [0.25, 0.3) is 0 Å². The quantitative estimate of drug-likeness (QED) is 0.229. The number of ether oxygens (including phenoxy) is 1. The van der Waals surface area contributed by atoms with Gasteiger partial charge in [0.1, 0.15) is 12.0 Å². The van der Waals surface area contributed by atoms with Crippen LogP contribution in [0.1, 0.15) is 74.7 Å². The van der Waals surface area contributed by atoms with E-state index in [4.69, 9.17) is 4.74 Å². The fourth-order valence-corrected chi connectivity index (χ4v) is 2.36. The van der Waals surface area contributed by atoms with Crippen LogP contribution in [-0.2, 0) is 14.3 Å². The zero-order valence-electron chi connectivity index (χ0n) is 19.8. The van der Waals surface area contributed by atoms with Crippen molar-refractivity contribution in [1.29, 1.82) is 0 Å². The standard InChI is InChI=1S/C24H31NO3.C2H6.H2/c1-8-9-20(14-15-26)21-10-12-22(13-11-21)25-23(27)19(4)28-18(3)16-17(2)24(5,6)7;1-2;/h10-13,15-16,19-20H,3,14H2,1-2,4-7H3,(H,25,27);1-2H3;1H/b17-16+;;. The molecule has 2 unspecified atom stereocenters. The van der Waals surface area contributed by atoms with Gasteiger partial charge in [-0.25, -0.2) is 0 Å². The average molecular weight is 414 g/mol. The lowest BCUT2D eigenvalue weighted by Gasteiger charge is -2.21. The number of hydrogen-bond donors (Lipinski definition) is 1. The van der Waals surface area contributed by atoms with Gasteiger partial charge >= 0.3 is 0 Å². The van der Waals surface area contributed by atoms with E-state index in [0.717, 1.165) is 17.4 Å². The van der Waals surface area contributed by atoms with Crippen LogP contribution in [0.2, 0.25) is 0 Å². The van der Waals surface area contributed by atoms with Gasteiger partial charge in [-0.15, -0.1) is 5.92 Å². The van der Waals surface area contributed by atoms with E-state index in [9.17, 15) is 9.59 Å². The van der Waals surface area contributed by atoms with Crippen molar-refractivity contribution in [3.05, 3.63) is 53.8 Å². The Morgan fingerprint density at radius 3 is 2.30 bits per heavy atom. The molecule has 0 radical (unpaired) electrons. The second kappa shape index (κ2) is 13.4. The largest absolute Gasteiger partial charge is 0.482 e. The maximum atomic E-state index is 12.4. The first kappa shape index (κ1) is 27.2. The molecule has 0 saturated carbocycles. The predicted molar refractivity (Wildman–Crippen MR) is 128 cm³/mol. The van der Waals surface area contributed by atoms with Gasteiger partial charge in [0.2, 0.25) is 0 Å². The summed E-state index contributed by atoms with van der Waals surface area (Å²) in [6, 6.07) is 7.34. The normalized spacial score (nSPS) is 12.9. The first-order valence-electron chi connectivity index (χ1n) is 10.4. The molecule has 0 heterocycles. The van der Waals surface area contributed by atoms with Crippen LogP contribution >= 0.6 is 0 Å². The molecule has 30 heavy (non-hydrogen) atoms. The van der Waals surface area contributed by atoms with Crippen LogP contribution in [0.4, 0.5) is 5.69 Å². The highest BCUT2D eigenvalue weighted by atomic mass is 16.5. The molecular formula is C26H39NO3. The fraction of sp³-hybridized carbons (Fsp3) is 0.462. The van der Waals surface area contributed by atoms with E-state index in [2.05, 4.69) is 44.5 Å². The van der Waals surface area contributed by atoms with E-state index in [0.29, 0.717) is 17.9 Å². The summed E-state index contributed by atoms with van der Waals surface area (Å²) in [7, 11) is 0. The summed E-state index contributed by atoms with van der Waals surface area (Å²) < 4.78 is 5.64. The maximum Gasteiger partial charge on any atom is 0.265 e. The molecule has 0 aliphatic rings. The van der Waals surface area contributed by atoms with Crippen LogP contribution < -0.4 is 5.32 Å². The van der Waals surface area contributed by atoms with Crippen LogP contribution in [0, 0.1) is 17.3 Å². The smallest absolute Gasteiger partial charge is 0.265 e. The van der Waals surface area contributed by atoms with Gasteiger partial charge in [0.15, 0.2) is 6.10 Å². The number of aldehydes is 1. The Labute approximate surface area is 184 Å². The van der Waals surface area contributed by atoms with Crippen molar-refractivity contribution >= 4 is 17.9 Å². The monoisotopic (exact) mass is 413 g/mol. The highest BCUT2D eigenvalue weighted by Gasteiger charge is 2.17. The molecule has 1 N–H and O–H groups in total. The van der Waals surface area contributed by atoms with Crippen LogP contribution in [0.15, 0.2) is 48.3 Å². The Bertz CT molecular complexity index is 793. The first-order valence-corrected chi connectivity index (χ1v) is 10.4. The van der Waals surface area contributed by atoms with Gasteiger partial charge in [0, 0.05) is 13.5 Å². The minimum atomic E-state index is -0.676. The number of hydrogen-bond acceptors (Lipinski definition) is 3. The number of amides is 1. The predicted octanol–water partition coefficient (Wildman–Crippen LogP) is 6.50. The van der Waals surface area contributed by atoms with E-state index in [1.165, 1.54) is 0 Å². The Balaban J connectivity index is 0. The summed E-state index contributed by atoms with van der Waals surface area (Å²) >= 11 is 0. The van der Waals surface area contributed by atoms with Crippen LogP contribution in [0.3, 0.4) is 0 Å². The second-order valence-corrected chi connectivity index (χ2v) is 7.76. The molecule has 2 atom stereocenters. The van der Waals surface area contributed by atoms with E-state index < -0.39 is 6.10 Å². The van der Waals surface area contributed by atoms with E-state index in [1.807, 2.05) is 39.0 Å². The molecule has 0 saturated heterocycles. The highest BCUT2D eigenvalue weighted by Crippen LogP contribution is 2.26. The number of benzene rings is 1. The Morgan fingerprint density at radius 2 is 1.83 bits per heavy atom. The minimum Gasteiger partial charge on any atom is -0.482 e. The topological polar surface area (TPSA) is 55.4 Å². The number of allylic oxidation sites excluding steroid dienone is 2. The molecule has 4 heteroatoms. The van der Waals surface area contributed by atoms with Crippen molar-refractivity contribution < 1.29 is 15.8 Å². The molecule has 0 bridgehead atoms. The molecule has 166 valence electrons. The third-order valence-corrected chi connectivity index (χ3v) is 4.49. The number of anilines is 1. The summed E-state index contributed by atoms with van der Waals surface area (Å²) in [6.45, 7) is 19.7. The number of carbonyl (C=O) groups is 2. The van der Waals surface area contributed by atoms with Gasteiger partial charge in [-0.3, -0.25) is 4.79 Å². The van der Waals surface area contributed by atoms with Crippen molar-refractivity contribution in [1.82, 2.24) is 0 Å². The van der Waals surface area contributed by atoms with Gasteiger partial charge in [-0.2, -0.15) is 0 Å². The molecule has 1 rings (SSSR count). The van der Waals surface area contributed by atoms with Gasteiger partial charge in [0.25, 0.3) is 5.91 Å². The van der Waals surface area contributed by atoms with E-state index >= 15 is 0 Å². The molecule has 0 spiro atoms. The highest BCUT2D eigenvalue weighted by molar-refractivity contribution is 5.94. The zero-order chi connectivity index (χ0) is 23.3. The molecule has 1 aromatic rings. The molecule has 0 fully saturated rings. The number of rotatable bonds is 8. The lowest BCUT2D eigenvalue weighted by molar-refractivity contribution is -0.124. The Morgan fingerprint density at radius 1 is 1.27 bits per heavy atom. The van der Waals surface area contributed by atoms with Gasteiger partial charge in [-0.05, 0) is 50.0 Å². The van der Waals surface area contributed by atoms with Crippen molar-refractivity contribution in [2.75, 3.05) is 5.32 Å². The summed E-state index contributed by atoms with van der Waals surface area (Å²) in [5.41, 5.74) is 2.75. The molecule has 1 amide bonds. The molecule has 4 nitrogen and oxygen atoms in total. The fourth-order valence-electron chi connectivity index (χ4n) is 2.36. The number of nitrogens with one attached hydrogen (secondary N) is 1. The first-order chi connectivity index (χ1) is 14.1. The SMILES string of the molecule is C=C(/C=C(\C)C(C)(C)C)OC(C)C(=O)Nc1ccc(C(C#CC)CC=O)cc1.CC.[HH]. The van der Waals surface area contributed by atoms with E-state index in [-0.39, 0.29) is 18.7 Å². The summed E-state index contributed by atoms with van der Waals surface area (Å²) in [6.07, 6.45) is 2.40. The molecule has 0 aliphatic heterocycles. The van der Waals surface area contributed by atoms with Crippen LogP contribution in [-0.4, -0.2) is 18.3 Å². The van der Waals surface area contributed by atoms with Crippen molar-refractivity contribution in [2.45, 2.75) is 73.8 Å². The van der Waals surface area contributed by atoms with Gasteiger partial charge < -0.3 is 14.8 Å². The Kier molecular flexibility index (Phi) is 12.2. The van der Waals surface area contributed by atoms with Gasteiger partial charge in [-0.1, -0.05) is 64.8 Å². The number of carbonyl (C=O) groups excluding carboxylic acids is 2. The molecule has 0 aliphatic carbocycles. The van der Waals surface area contributed by atoms with Gasteiger partial charge in [0.05, 0.1) is 5.92 Å². The second-order valence-electron chi connectivity index (χ2n) is 7.76. The Hall–Kier alpha value is -2.80. The summed E-state index contributed by atoms with van der Waals surface area (Å²) in [5.74, 6) is 5.94. The molecule has 0 aromatic heterocycles. The summed E-state index contributed by atoms with van der Waals surface area (Å²) in [5, 5.41) is 2.83. The lowest BCUT2D eigenvalue weighted by Crippen LogP contribution is -2.27. The molecular weight excluding hydrogens is 374 g/mol. The summed E-state index contributed by atoms with van der Waals surface area (Å²) in [4.78, 5) is 23.2. The van der Waals surface area contributed by atoms with E-state index in [1.54, 1.807) is 26.0 Å². The minimum absolute atomic E-state index is 0. The third-order valence-electron chi connectivity index (χ3n) is 4.49. The molecule has 1 aromatic carbocycles. The maximum absolute atomic E-state index is 12.4. The zero-order valence-corrected chi connectivity index (χ0v) is 19.8. The van der Waals surface area contributed by atoms with Crippen LogP contribution in [0.5, 0.6) is 0 Å². The van der Waals surface area contributed by atoms with Crippen molar-refractivity contribution in [3.63, 3.8) is 0 Å². The lowest BCUT2D eigenvalue weighted by atomic mass is 9.87.